The van der Waals surface area contributed by atoms with Crippen LogP contribution < -0.4 is 18.9 Å². The minimum Gasteiger partial charge on any atom is -0.497 e. The van der Waals surface area contributed by atoms with Gasteiger partial charge in [0, 0.05) is 52.9 Å². The molecule has 6 saturated heterocycles. The molecule has 0 aliphatic carbocycles. The molecular formula is C56H60N6O4. The van der Waals surface area contributed by atoms with Gasteiger partial charge in [-0.1, -0.05) is 87.4 Å². The highest BCUT2D eigenvalue weighted by Crippen LogP contribution is 2.50. The van der Waals surface area contributed by atoms with Gasteiger partial charge in [0.2, 0.25) is 11.8 Å². The van der Waals surface area contributed by atoms with Gasteiger partial charge in [-0.05, 0) is 117 Å². The Morgan fingerprint density at radius 1 is 0.576 bits per heavy atom. The summed E-state index contributed by atoms with van der Waals surface area (Å²) in [4.78, 5) is 26.0. The van der Waals surface area contributed by atoms with Gasteiger partial charge in [0.1, 0.15) is 29.3 Å². The predicted molar refractivity (Wildman–Crippen MR) is 260 cm³/mol. The average molecular weight is 881 g/mol. The van der Waals surface area contributed by atoms with Crippen molar-refractivity contribution in [2.24, 2.45) is 23.7 Å². The van der Waals surface area contributed by atoms with E-state index in [1.165, 1.54) is 25.7 Å². The van der Waals surface area contributed by atoms with Gasteiger partial charge in [-0.2, -0.15) is 9.97 Å². The Kier molecular flexibility index (Phi) is 11.8. The van der Waals surface area contributed by atoms with Gasteiger partial charge in [-0.15, -0.1) is 0 Å². The van der Waals surface area contributed by atoms with Crippen LogP contribution in [0.2, 0.25) is 0 Å². The third-order valence-electron chi connectivity index (χ3n) is 15.6. The van der Waals surface area contributed by atoms with E-state index in [-0.39, 0.29) is 12.1 Å². The molecule has 13 rings (SSSR count). The van der Waals surface area contributed by atoms with Crippen molar-refractivity contribution in [3.8, 4) is 45.8 Å². The number of hydrogen-bond acceptors (Lipinski definition) is 10. The lowest BCUT2D eigenvalue weighted by Crippen LogP contribution is -2.56. The Morgan fingerprint density at radius 3 is 1.47 bits per heavy atom. The van der Waals surface area contributed by atoms with Gasteiger partial charge in [-0.25, -0.2) is 0 Å². The SMILES string of the molecule is CC[C@@H]1CN2CC[C@H]1C[C@H]2[C@H](Oc1nc(-c2ccccc2)nc(O[C@@H](c2ccnc3ccc(OC)cc23)[C@@H]2C[C@H]3CCN2C[C@H]3CC)c1-c1ccccc1)c1ccnc2ccc(OC)cc12. The molecule has 0 saturated carbocycles. The van der Waals surface area contributed by atoms with Gasteiger partial charge in [0.05, 0.1) is 37.3 Å². The Labute approximate surface area is 388 Å². The second-order valence-electron chi connectivity index (χ2n) is 18.9. The van der Waals surface area contributed by atoms with Crippen LogP contribution in [0.25, 0.3) is 44.3 Å². The number of rotatable bonds is 14. The molecule has 10 nitrogen and oxygen atoms in total. The van der Waals surface area contributed by atoms with Crippen molar-refractivity contribution in [2.45, 2.75) is 76.7 Å². The number of benzene rings is 4. The van der Waals surface area contributed by atoms with Crippen molar-refractivity contribution in [1.29, 1.82) is 0 Å². The lowest BCUT2D eigenvalue weighted by Gasteiger charge is -2.52. The fraction of sp³-hybridized carbons (Fsp3) is 0.393. The van der Waals surface area contributed by atoms with Crippen LogP contribution in [-0.2, 0) is 0 Å². The van der Waals surface area contributed by atoms with Gasteiger partial charge >= 0.3 is 0 Å². The van der Waals surface area contributed by atoms with Crippen LogP contribution in [0, 0.1) is 23.7 Å². The fourth-order valence-corrected chi connectivity index (χ4v) is 12.1. The standard InChI is InChI=1S/C56H60N6O4/c1-5-35-33-61-27-23-39(35)29-49(61)52(43-21-25-57-47-19-17-41(63-3)31-45(43)47)65-55-51(37-13-9-7-10-14-37)56(60-54(59-55)38-15-11-8-12-16-38)66-53(50-30-40-24-28-62(50)34-36(40)6-2)44-22-26-58-48-20-18-42(64-4)32-46(44)48/h7-22,25-26,31-32,35-36,39-40,49-50,52-53H,5-6,23-24,27-30,33-34H2,1-4H3/t35-,36-,39-,40+,49+,50+,52+,53-/m1/s1. The molecule has 4 bridgehead atoms. The largest absolute Gasteiger partial charge is 0.497 e. The van der Waals surface area contributed by atoms with Crippen molar-refractivity contribution in [3.05, 3.63) is 133 Å². The molecule has 0 amide bonds. The summed E-state index contributed by atoms with van der Waals surface area (Å²) in [5.41, 5.74) is 6.48. The van der Waals surface area contributed by atoms with E-state index in [0.717, 1.165) is 100 Å². The van der Waals surface area contributed by atoms with E-state index in [2.05, 4.69) is 90.4 Å². The first-order chi connectivity index (χ1) is 32.5. The molecule has 7 aromatic rings. The number of fused-ring (bicyclic) bond motifs is 8. The third kappa shape index (κ3) is 7.91. The monoisotopic (exact) mass is 880 g/mol. The Balaban J connectivity index is 1.13. The molecule has 9 heterocycles. The predicted octanol–water partition coefficient (Wildman–Crippen LogP) is 11.4. The summed E-state index contributed by atoms with van der Waals surface area (Å²) in [6.45, 7) is 8.88. The minimum absolute atomic E-state index is 0.106. The van der Waals surface area contributed by atoms with E-state index >= 15 is 0 Å². The summed E-state index contributed by atoms with van der Waals surface area (Å²) in [5.74, 6) is 5.70. The van der Waals surface area contributed by atoms with Crippen molar-refractivity contribution in [3.63, 3.8) is 0 Å². The lowest BCUT2D eigenvalue weighted by molar-refractivity contribution is -0.0510. The number of nitrogens with zero attached hydrogens (tertiary/aromatic N) is 6. The van der Waals surface area contributed by atoms with Crippen LogP contribution in [0.1, 0.15) is 75.7 Å². The summed E-state index contributed by atoms with van der Waals surface area (Å²) in [5, 5.41) is 2.02. The summed E-state index contributed by atoms with van der Waals surface area (Å²) < 4.78 is 27.2. The van der Waals surface area contributed by atoms with E-state index in [1.807, 2.05) is 54.9 Å². The summed E-state index contributed by atoms with van der Waals surface area (Å²) in [7, 11) is 3.44. The first kappa shape index (κ1) is 42.5. The number of piperidine rings is 6. The zero-order valence-corrected chi connectivity index (χ0v) is 38.6. The molecule has 10 heteroatoms. The van der Waals surface area contributed by atoms with Crippen molar-refractivity contribution in [1.82, 2.24) is 29.7 Å². The maximum absolute atomic E-state index is 7.76. The molecule has 338 valence electrons. The summed E-state index contributed by atoms with van der Waals surface area (Å²) in [6.07, 6.45) is 9.90. The van der Waals surface area contributed by atoms with Gasteiger partial charge in [0.25, 0.3) is 0 Å². The zero-order chi connectivity index (χ0) is 44.7. The molecule has 6 aliphatic heterocycles. The second-order valence-corrected chi connectivity index (χ2v) is 18.9. The van der Waals surface area contributed by atoms with E-state index < -0.39 is 12.2 Å². The smallest absolute Gasteiger partial charge is 0.229 e. The van der Waals surface area contributed by atoms with Gasteiger partial charge < -0.3 is 18.9 Å². The molecule has 3 aromatic heterocycles. The number of pyridine rings is 2. The van der Waals surface area contributed by atoms with E-state index in [9.17, 15) is 0 Å². The van der Waals surface area contributed by atoms with E-state index in [4.69, 9.17) is 38.9 Å². The number of aromatic nitrogens is 4. The molecule has 6 aliphatic rings. The molecular weight excluding hydrogens is 821 g/mol. The Hall–Kier alpha value is -6.10. The Morgan fingerprint density at radius 2 is 1.05 bits per heavy atom. The van der Waals surface area contributed by atoms with Crippen LogP contribution in [0.3, 0.4) is 0 Å². The molecule has 66 heavy (non-hydrogen) atoms. The molecule has 4 aromatic carbocycles. The number of ether oxygens (including phenoxy) is 4. The number of methoxy groups -OCH3 is 2. The first-order valence-corrected chi connectivity index (χ1v) is 24.2. The van der Waals surface area contributed by atoms with Gasteiger partial charge in [0.15, 0.2) is 5.82 Å². The average Bonchev–Trinajstić information content (AvgIpc) is 3.39. The summed E-state index contributed by atoms with van der Waals surface area (Å²) in [6, 6.07) is 37.4. The van der Waals surface area contributed by atoms with Crippen molar-refractivity contribution in [2.75, 3.05) is 40.4 Å². The molecule has 10 atom stereocenters. The second kappa shape index (κ2) is 18.3. The molecule has 0 radical (unpaired) electrons. The van der Waals surface area contributed by atoms with Crippen molar-refractivity contribution >= 4 is 21.8 Å². The van der Waals surface area contributed by atoms with Gasteiger partial charge in [-0.3, -0.25) is 19.8 Å². The minimum atomic E-state index is -0.393. The maximum Gasteiger partial charge on any atom is 0.229 e. The molecule has 0 spiro atoms. The highest BCUT2D eigenvalue weighted by Gasteiger charge is 2.47. The topological polar surface area (TPSA) is 95.0 Å². The van der Waals surface area contributed by atoms with Crippen LogP contribution in [0.5, 0.6) is 23.3 Å². The Bertz CT molecular complexity index is 2680. The fourth-order valence-electron chi connectivity index (χ4n) is 12.1. The first-order valence-electron chi connectivity index (χ1n) is 24.2. The zero-order valence-electron chi connectivity index (χ0n) is 38.6. The van der Waals surface area contributed by atoms with Crippen molar-refractivity contribution < 1.29 is 18.9 Å². The maximum atomic E-state index is 7.76. The highest BCUT2D eigenvalue weighted by atomic mass is 16.5. The van der Waals surface area contributed by atoms with Crippen LogP contribution in [0.4, 0.5) is 0 Å². The van der Waals surface area contributed by atoms with Crippen LogP contribution in [-0.4, -0.2) is 82.2 Å². The quantitative estimate of drug-likeness (QED) is 0.105. The van der Waals surface area contributed by atoms with Crippen LogP contribution >= 0.6 is 0 Å². The highest BCUT2D eigenvalue weighted by molar-refractivity contribution is 5.85. The summed E-state index contributed by atoms with van der Waals surface area (Å²) >= 11 is 0. The lowest BCUT2D eigenvalue weighted by atomic mass is 9.72. The molecule has 0 N–H and O–H groups in total. The van der Waals surface area contributed by atoms with E-state index in [0.29, 0.717) is 41.3 Å². The molecule has 2 unspecified atom stereocenters. The normalized spacial score (nSPS) is 25.4. The molecule has 6 fully saturated rings. The number of hydrogen-bond donors (Lipinski definition) is 0. The van der Waals surface area contributed by atoms with Crippen LogP contribution in [0.15, 0.2) is 122 Å². The van der Waals surface area contributed by atoms with E-state index in [1.54, 1.807) is 14.2 Å². The third-order valence-corrected chi connectivity index (χ3v) is 15.6.